The fraction of sp³-hybridized carbons (Fsp3) is 0. The Bertz CT molecular complexity index is 1400. The molecule has 0 N–H and O–H groups in total. The van der Waals surface area contributed by atoms with E-state index in [4.69, 9.17) is 4.98 Å². The van der Waals surface area contributed by atoms with Gasteiger partial charge < -0.3 is 0 Å². The van der Waals surface area contributed by atoms with E-state index in [0.29, 0.717) is 0 Å². The number of pyridine rings is 2. The molecule has 0 aliphatic heterocycles. The molecule has 28 heavy (non-hydrogen) atoms. The van der Waals surface area contributed by atoms with Gasteiger partial charge in [0, 0.05) is 34.9 Å². The van der Waals surface area contributed by atoms with Gasteiger partial charge in [-0.1, -0.05) is 42.5 Å². The lowest BCUT2D eigenvalue weighted by molar-refractivity contribution is 0.983. The number of hydrogen-bond donors (Lipinski definition) is 0. The number of aromatic nitrogens is 4. The molecule has 6 aromatic rings. The van der Waals surface area contributed by atoms with E-state index in [1.165, 1.54) is 10.8 Å². The highest BCUT2D eigenvalue weighted by Gasteiger charge is 2.18. The van der Waals surface area contributed by atoms with Gasteiger partial charge in [-0.05, 0) is 36.4 Å². The highest BCUT2D eigenvalue weighted by molar-refractivity contribution is 6.09. The van der Waals surface area contributed by atoms with Gasteiger partial charge in [0.1, 0.15) is 0 Å². The summed E-state index contributed by atoms with van der Waals surface area (Å²) in [5, 5.41) is 2.47. The van der Waals surface area contributed by atoms with Gasteiger partial charge in [0.25, 0.3) is 0 Å². The maximum absolute atomic E-state index is 5.10. The van der Waals surface area contributed by atoms with Crippen LogP contribution in [0.3, 0.4) is 0 Å². The lowest BCUT2D eigenvalue weighted by Gasteiger charge is -2.06. The normalized spacial score (nSPS) is 11.6. The van der Waals surface area contributed by atoms with Gasteiger partial charge in [-0.2, -0.15) is 0 Å². The minimum atomic E-state index is 0.889. The molecule has 0 atom stereocenters. The van der Waals surface area contributed by atoms with Crippen LogP contribution in [-0.4, -0.2) is 18.9 Å². The van der Waals surface area contributed by atoms with Crippen LogP contribution in [0.1, 0.15) is 0 Å². The third-order valence-electron chi connectivity index (χ3n) is 5.26. The SMILES string of the molecule is c1ccc2c(c1)c1ccccc1n2-c1nc(-c2ccncc2)c2ccccn12. The predicted octanol–water partition coefficient (Wildman–Crippen LogP) is 5.49. The Balaban J connectivity index is 1.77. The summed E-state index contributed by atoms with van der Waals surface area (Å²) >= 11 is 0. The summed E-state index contributed by atoms with van der Waals surface area (Å²) in [6, 6.07) is 27.2. The molecule has 132 valence electrons. The largest absolute Gasteiger partial charge is 0.285 e. The molecule has 0 amide bonds. The summed E-state index contributed by atoms with van der Waals surface area (Å²) in [6.45, 7) is 0. The van der Waals surface area contributed by atoms with E-state index < -0.39 is 0 Å². The number of para-hydroxylation sites is 2. The number of benzene rings is 2. The van der Waals surface area contributed by atoms with Crippen molar-refractivity contribution in [2.24, 2.45) is 0 Å². The predicted molar refractivity (Wildman–Crippen MR) is 113 cm³/mol. The van der Waals surface area contributed by atoms with Crippen molar-refractivity contribution in [3.8, 4) is 17.2 Å². The van der Waals surface area contributed by atoms with Crippen LogP contribution >= 0.6 is 0 Å². The van der Waals surface area contributed by atoms with Crippen LogP contribution in [-0.2, 0) is 0 Å². The van der Waals surface area contributed by atoms with Crippen molar-refractivity contribution in [1.82, 2.24) is 18.9 Å². The standard InChI is InChI=1S/C24H16N4/c1-3-9-20-18(7-1)19-8-2-4-10-21(19)28(20)24-26-23(17-12-14-25-15-13-17)22-11-5-6-16-27(22)24/h1-16H. The lowest BCUT2D eigenvalue weighted by atomic mass is 10.2. The van der Waals surface area contributed by atoms with E-state index >= 15 is 0 Å². The van der Waals surface area contributed by atoms with Crippen molar-refractivity contribution < 1.29 is 0 Å². The number of nitrogens with zero attached hydrogens (tertiary/aromatic N) is 4. The highest BCUT2D eigenvalue weighted by atomic mass is 15.2. The molecule has 0 aliphatic carbocycles. The van der Waals surface area contributed by atoms with Crippen molar-refractivity contribution >= 4 is 27.3 Å². The summed E-state index contributed by atoms with van der Waals surface area (Å²) in [7, 11) is 0. The number of imidazole rings is 1. The Morgan fingerprint density at radius 1 is 0.607 bits per heavy atom. The first-order chi connectivity index (χ1) is 13.9. The Kier molecular flexibility index (Phi) is 3.14. The van der Waals surface area contributed by atoms with Crippen LogP contribution in [0.5, 0.6) is 0 Å². The first-order valence-corrected chi connectivity index (χ1v) is 9.28. The maximum atomic E-state index is 5.10. The zero-order valence-electron chi connectivity index (χ0n) is 15.0. The third kappa shape index (κ3) is 2.06. The second kappa shape index (κ2) is 5.79. The molecule has 2 aromatic carbocycles. The second-order valence-electron chi connectivity index (χ2n) is 6.82. The zero-order valence-corrected chi connectivity index (χ0v) is 15.0. The molecule has 0 saturated carbocycles. The molecule has 0 unspecified atom stereocenters. The smallest absolute Gasteiger partial charge is 0.220 e. The lowest BCUT2D eigenvalue weighted by Crippen LogP contribution is -2.00. The molecule has 0 fully saturated rings. The van der Waals surface area contributed by atoms with E-state index in [1.807, 2.05) is 30.6 Å². The minimum absolute atomic E-state index is 0.889. The average Bonchev–Trinajstić information content (AvgIpc) is 3.30. The van der Waals surface area contributed by atoms with Gasteiger partial charge in [0.05, 0.1) is 22.2 Å². The monoisotopic (exact) mass is 360 g/mol. The molecular formula is C24H16N4. The first-order valence-electron chi connectivity index (χ1n) is 9.28. The molecule has 0 spiro atoms. The quantitative estimate of drug-likeness (QED) is 0.409. The molecular weight excluding hydrogens is 344 g/mol. The third-order valence-corrected chi connectivity index (χ3v) is 5.26. The van der Waals surface area contributed by atoms with E-state index in [2.05, 4.69) is 80.8 Å². The van der Waals surface area contributed by atoms with Crippen LogP contribution in [0.2, 0.25) is 0 Å². The Labute approximate surface area is 161 Å². The van der Waals surface area contributed by atoms with Gasteiger partial charge >= 0.3 is 0 Å². The van der Waals surface area contributed by atoms with Gasteiger partial charge in [-0.3, -0.25) is 14.0 Å². The van der Waals surface area contributed by atoms with Gasteiger partial charge in [0.2, 0.25) is 5.95 Å². The van der Waals surface area contributed by atoms with Crippen molar-refractivity contribution in [1.29, 1.82) is 0 Å². The van der Waals surface area contributed by atoms with Crippen LogP contribution in [0.4, 0.5) is 0 Å². The Morgan fingerprint density at radius 2 is 1.21 bits per heavy atom. The van der Waals surface area contributed by atoms with Crippen molar-refractivity contribution in [2.75, 3.05) is 0 Å². The van der Waals surface area contributed by atoms with E-state index in [1.54, 1.807) is 0 Å². The zero-order chi connectivity index (χ0) is 18.5. The average molecular weight is 360 g/mol. The summed E-state index contributed by atoms with van der Waals surface area (Å²) in [5.74, 6) is 0.889. The maximum Gasteiger partial charge on any atom is 0.220 e. The summed E-state index contributed by atoms with van der Waals surface area (Å²) < 4.78 is 4.41. The highest BCUT2D eigenvalue weighted by Crippen LogP contribution is 2.33. The van der Waals surface area contributed by atoms with E-state index in [-0.39, 0.29) is 0 Å². The molecule has 0 aliphatic rings. The van der Waals surface area contributed by atoms with Crippen LogP contribution < -0.4 is 0 Å². The van der Waals surface area contributed by atoms with Crippen LogP contribution in [0.15, 0.2) is 97.5 Å². The second-order valence-corrected chi connectivity index (χ2v) is 6.82. The van der Waals surface area contributed by atoms with E-state index in [0.717, 1.165) is 33.8 Å². The van der Waals surface area contributed by atoms with Crippen LogP contribution in [0, 0.1) is 0 Å². The van der Waals surface area contributed by atoms with Gasteiger partial charge in [-0.15, -0.1) is 0 Å². The fourth-order valence-electron chi connectivity index (χ4n) is 4.04. The molecule has 4 heteroatoms. The number of rotatable bonds is 2. The molecule has 6 rings (SSSR count). The first kappa shape index (κ1) is 15.2. The summed E-state index contributed by atoms with van der Waals surface area (Å²) in [6.07, 6.45) is 5.69. The van der Waals surface area contributed by atoms with Crippen molar-refractivity contribution in [3.05, 3.63) is 97.5 Å². The van der Waals surface area contributed by atoms with Crippen LogP contribution in [0.25, 0.3) is 44.5 Å². The van der Waals surface area contributed by atoms with Crippen molar-refractivity contribution in [2.45, 2.75) is 0 Å². The summed E-state index contributed by atoms with van der Waals surface area (Å²) in [4.78, 5) is 9.25. The van der Waals surface area contributed by atoms with Crippen molar-refractivity contribution in [3.63, 3.8) is 0 Å². The van der Waals surface area contributed by atoms with Gasteiger partial charge in [-0.25, -0.2) is 4.98 Å². The molecule has 4 nitrogen and oxygen atoms in total. The van der Waals surface area contributed by atoms with Gasteiger partial charge in [0.15, 0.2) is 0 Å². The summed E-state index contributed by atoms with van der Waals surface area (Å²) in [5.41, 5.74) is 5.40. The van der Waals surface area contributed by atoms with E-state index in [9.17, 15) is 0 Å². The fourth-order valence-corrected chi connectivity index (χ4v) is 4.04. The number of hydrogen-bond acceptors (Lipinski definition) is 2. The minimum Gasteiger partial charge on any atom is -0.285 e. The Hall–Kier alpha value is -3.92. The number of fused-ring (bicyclic) bond motifs is 4. The Morgan fingerprint density at radius 3 is 1.93 bits per heavy atom. The molecule has 0 radical (unpaired) electrons. The molecule has 4 heterocycles. The molecule has 0 bridgehead atoms. The molecule has 4 aromatic heterocycles. The molecule has 0 saturated heterocycles. The topological polar surface area (TPSA) is 35.1 Å².